The number of carbonyl (C=O) groups is 2. The third kappa shape index (κ3) is 3.88. The highest BCUT2D eigenvalue weighted by Crippen LogP contribution is 2.32. The van der Waals surface area contributed by atoms with Crippen LogP contribution >= 0.6 is 11.3 Å². The summed E-state index contributed by atoms with van der Waals surface area (Å²) in [6.07, 6.45) is 0. The predicted octanol–water partition coefficient (Wildman–Crippen LogP) is 3.45. The first kappa shape index (κ1) is 17.9. The third-order valence-electron chi connectivity index (χ3n) is 3.29. The van der Waals surface area contributed by atoms with Crippen molar-refractivity contribution >= 4 is 28.2 Å². The summed E-state index contributed by atoms with van der Waals surface area (Å²) in [7, 11) is 1.26. The van der Waals surface area contributed by atoms with E-state index in [1.807, 2.05) is 6.92 Å². The highest BCUT2D eigenvalue weighted by Gasteiger charge is 2.21. The Morgan fingerprint density at radius 3 is 2.54 bits per heavy atom. The van der Waals surface area contributed by atoms with E-state index in [1.54, 1.807) is 6.92 Å². The van der Waals surface area contributed by atoms with Crippen molar-refractivity contribution in [3.05, 3.63) is 45.8 Å². The lowest BCUT2D eigenvalue weighted by atomic mass is 10.1. The number of aryl methyl sites for hydroxylation is 1. The zero-order valence-corrected chi connectivity index (χ0v) is 14.1. The molecule has 0 bridgehead atoms. The lowest BCUT2D eigenvalue weighted by Crippen LogP contribution is -2.21. The van der Waals surface area contributed by atoms with Crippen molar-refractivity contribution < 1.29 is 27.8 Å². The Balaban J connectivity index is 2.06. The number of benzene rings is 1. The topological polar surface area (TPSA) is 64.6 Å². The van der Waals surface area contributed by atoms with Crippen LogP contribution in [-0.4, -0.2) is 25.6 Å². The van der Waals surface area contributed by atoms with E-state index in [4.69, 9.17) is 9.47 Å². The maximum Gasteiger partial charge on any atom is 0.341 e. The summed E-state index contributed by atoms with van der Waals surface area (Å²) in [5, 5.41) is 2.93. The average Bonchev–Trinajstić information content (AvgIpc) is 2.82. The molecule has 24 heavy (non-hydrogen) atoms. The van der Waals surface area contributed by atoms with Crippen LogP contribution in [0.3, 0.4) is 0 Å². The number of amides is 1. The van der Waals surface area contributed by atoms with Crippen LogP contribution in [-0.2, 0) is 9.53 Å². The summed E-state index contributed by atoms with van der Waals surface area (Å²) < 4.78 is 35.7. The van der Waals surface area contributed by atoms with E-state index in [9.17, 15) is 18.4 Å². The molecule has 2 aromatic rings. The molecule has 0 saturated heterocycles. The Kier molecular flexibility index (Phi) is 5.50. The maximum absolute atomic E-state index is 13.1. The molecule has 8 heteroatoms. The van der Waals surface area contributed by atoms with E-state index >= 15 is 0 Å². The average molecular weight is 355 g/mol. The molecule has 0 aliphatic rings. The van der Waals surface area contributed by atoms with Gasteiger partial charge >= 0.3 is 5.97 Å². The zero-order chi connectivity index (χ0) is 17.9. The number of halogens is 2. The Morgan fingerprint density at radius 2 is 1.92 bits per heavy atom. The van der Waals surface area contributed by atoms with E-state index in [0.29, 0.717) is 10.6 Å². The monoisotopic (exact) mass is 355 g/mol. The quantitative estimate of drug-likeness (QED) is 0.835. The van der Waals surface area contributed by atoms with Crippen LogP contribution in [0, 0.1) is 25.5 Å². The molecule has 0 radical (unpaired) electrons. The van der Waals surface area contributed by atoms with Gasteiger partial charge in [0.25, 0.3) is 5.91 Å². The number of carbonyl (C=O) groups excluding carboxylic acids is 2. The molecule has 0 aliphatic heterocycles. The molecular formula is C16H15F2NO4S. The Bertz CT molecular complexity index is 789. The second-order valence-corrected chi connectivity index (χ2v) is 6.12. The molecule has 0 saturated carbocycles. The molecule has 1 aromatic carbocycles. The normalized spacial score (nSPS) is 10.4. The third-order valence-corrected chi connectivity index (χ3v) is 4.41. The first-order valence-electron chi connectivity index (χ1n) is 6.89. The second-order valence-electron chi connectivity index (χ2n) is 4.89. The van der Waals surface area contributed by atoms with E-state index in [1.165, 1.54) is 24.5 Å². The highest BCUT2D eigenvalue weighted by atomic mass is 32.1. The summed E-state index contributed by atoms with van der Waals surface area (Å²) in [6.45, 7) is 3.16. The van der Waals surface area contributed by atoms with Crippen molar-refractivity contribution in [1.82, 2.24) is 0 Å². The van der Waals surface area contributed by atoms with Gasteiger partial charge in [0, 0.05) is 10.9 Å². The number of nitrogens with one attached hydrogen (secondary N) is 1. The van der Waals surface area contributed by atoms with Gasteiger partial charge < -0.3 is 14.8 Å². The fourth-order valence-electron chi connectivity index (χ4n) is 1.94. The zero-order valence-electron chi connectivity index (χ0n) is 13.2. The highest BCUT2D eigenvalue weighted by molar-refractivity contribution is 7.16. The van der Waals surface area contributed by atoms with Crippen molar-refractivity contribution in [2.45, 2.75) is 13.8 Å². The van der Waals surface area contributed by atoms with Crippen LogP contribution in [0.4, 0.5) is 13.8 Å². The van der Waals surface area contributed by atoms with Crippen LogP contribution in [0.2, 0.25) is 0 Å². The molecule has 2 rings (SSSR count). The molecule has 0 spiro atoms. The van der Waals surface area contributed by atoms with Gasteiger partial charge in [0.2, 0.25) is 0 Å². The summed E-state index contributed by atoms with van der Waals surface area (Å²) in [5.74, 6) is -3.12. The summed E-state index contributed by atoms with van der Waals surface area (Å²) in [6, 6.07) is 2.97. The van der Waals surface area contributed by atoms with Gasteiger partial charge in [0.1, 0.15) is 10.8 Å². The molecule has 0 atom stereocenters. The number of rotatable bonds is 5. The minimum atomic E-state index is -1.06. The number of ether oxygens (including phenoxy) is 2. The van der Waals surface area contributed by atoms with Crippen LogP contribution in [0.25, 0.3) is 0 Å². The molecular weight excluding hydrogens is 340 g/mol. The largest absolute Gasteiger partial charge is 0.484 e. The molecule has 0 fully saturated rings. The molecule has 1 amide bonds. The smallest absolute Gasteiger partial charge is 0.341 e. The molecule has 5 nitrogen and oxygen atoms in total. The van der Waals surface area contributed by atoms with Gasteiger partial charge in [-0.3, -0.25) is 4.79 Å². The van der Waals surface area contributed by atoms with Crippen molar-refractivity contribution in [1.29, 1.82) is 0 Å². The number of hydrogen-bond acceptors (Lipinski definition) is 5. The van der Waals surface area contributed by atoms with Crippen LogP contribution in [0.5, 0.6) is 5.75 Å². The number of hydrogen-bond donors (Lipinski definition) is 1. The molecule has 1 N–H and O–H groups in total. The van der Waals surface area contributed by atoms with Gasteiger partial charge in [-0.2, -0.15) is 0 Å². The lowest BCUT2D eigenvalue weighted by Gasteiger charge is -2.08. The first-order valence-corrected chi connectivity index (χ1v) is 7.71. The SMILES string of the molecule is COC(=O)c1c(NC(=O)COc2ccc(F)c(F)c2)sc(C)c1C. The van der Waals surface area contributed by atoms with E-state index in [-0.39, 0.29) is 5.75 Å². The Hall–Kier alpha value is -2.48. The van der Waals surface area contributed by atoms with Gasteiger partial charge in [-0.15, -0.1) is 11.3 Å². The van der Waals surface area contributed by atoms with E-state index in [0.717, 1.165) is 22.6 Å². The number of methoxy groups -OCH3 is 1. The van der Waals surface area contributed by atoms with Gasteiger partial charge in [-0.05, 0) is 31.5 Å². The second kappa shape index (κ2) is 7.39. The van der Waals surface area contributed by atoms with Crippen LogP contribution in [0.15, 0.2) is 18.2 Å². The summed E-state index contributed by atoms with van der Waals surface area (Å²) in [5.41, 5.74) is 1.02. The fraction of sp³-hybridized carbons (Fsp3) is 0.250. The molecule has 128 valence electrons. The lowest BCUT2D eigenvalue weighted by molar-refractivity contribution is -0.118. The van der Waals surface area contributed by atoms with Crippen molar-refractivity contribution in [2.24, 2.45) is 0 Å². The summed E-state index contributed by atoms with van der Waals surface area (Å²) in [4.78, 5) is 24.7. The maximum atomic E-state index is 13.1. The van der Waals surface area contributed by atoms with E-state index in [2.05, 4.69) is 5.32 Å². The van der Waals surface area contributed by atoms with Crippen molar-refractivity contribution in [2.75, 3.05) is 19.0 Å². The Labute approximate surface area is 141 Å². The van der Waals surface area contributed by atoms with Gasteiger partial charge in [-0.25, -0.2) is 13.6 Å². The molecule has 1 aromatic heterocycles. The van der Waals surface area contributed by atoms with E-state index < -0.39 is 30.1 Å². The number of esters is 1. The van der Waals surface area contributed by atoms with Crippen LogP contribution in [0.1, 0.15) is 20.8 Å². The molecule has 1 heterocycles. The van der Waals surface area contributed by atoms with Gasteiger partial charge in [0.15, 0.2) is 18.2 Å². The minimum absolute atomic E-state index is 0.0239. The van der Waals surface area contributed by atoms with Crippen LogP contribution < -0.4 is 10.1 Å². The number of anilines is 1. The van der Waals surface area contributed by atoms with Crippen molar-refractivity contribution in [3.8, 4) is 5.75 Å². The minimum Gasteiger partial charge on any atom is -0.484 e. The first-order chi connectivity index (χ1) is 11.3. The number of thiophene rings is 1. The van der Waals surface area contributed by atoms with Gasteiger partial charge in [-0.1, -0.05) is 0 Å². The standard InChI is InChI=1S/C16H15F2NO4S/c1-8-9(2)24-15(14(8)16(21)22-3)19-13(20)7-23-10-4-5-11(17)12(18)6-10/h4-6H,7H2,1-3H3,(H,19,20). The molecule has 0 unspecified atom stereocenters. The van der Waals surface area contributed by atoms with Crippen molar-refractivity contribution in [3.63, 3.8) is 0 Å². The molecule has 0 aliphatic carbocycles. The fourth-order valence-corrected chi connectivity index (χ4v) is 3.01. The Morgan fingerprint density at radius 1 is 1.21 bits per heavy atom. The summed E-state index contributed by atoms with van der Waals surface area (Å²) >= 11 is 1.24. The van der Waals surface area contributed by atoms with Gasteiger partial charge in [0.05, 0.1) is 12.7 Å². The predicted molar refractivity (Wildman–Crippen MR) is 85.6 cm³/mol.